The van der Waals surface area contributed by atoms with E-state index in [-0.39, 0.29) is 18.4 Å². The number of sulfonamides is 1. The van der Waals surface area contributed by atoms with Crippen molar-refractivity contribution in [1.29, 1.82) is 0 Å². The summed E-state index contributed by atoms with van der Waals surface area (Å²) in [6.45, 7) is 8.03. The van der Waals surface area contributed by atoms with Crippen molar-refractivity contribution in [1.82, 2.24) is 10.2 Å². The van der Waals surface area contributed by atoms with Gasteiger partial charge in [-0.3, -0.25) is 13.9 Å². The van der Waals surface area contributed by atoms with Crippen LogP contribution in [-0.2, 0) is 26.2 Å². The van der Waals surface area contributed by atoms with Gasteiger partial charge in [-0.15, -0.1) is 0 Å². The highest BCUT2D eigenvalue weighted by atomic mass is 35.5. The Morgan fingerprint density at radius 3 is 2.14 bits per heavy atom. The molecule has 0 aliphatic rings. The van der Waals surface area contributed by atoms with E-state index in [4.69, 9.17) is 16.3 Å². The molecule has 0 saturated carbocycles. The van der Waals surface area contributed by atoms with Crippen molar-refractivity contribution in [2.24, 2.45) is 5.92 Å². The molecule has 2 rings (SSSR count). The van der Waals surface area contributed by atoms with Gasteiger partial charge < -0.3 is 15.0 Å². The van der Waals surface area contributed by atoms with Crippen molar-refractivity contribution in [3.63, 3.8) is 0 Å². The van der Waals surface area contributed by atoms with Crippen LogP contribution in [0.5, 0.6) is 5.75 Å². The van der Waals surface area contributed by atoms with Crippen LogP contribution in [0.25, 0.3) is 0 Å². The van der Waals surface area contributed by atoms with E-state index in [1.165, 1.54) is 4.90 Å². The molecule has 0 fully saturated rings. The van der Waals surface area contributed by atoms with Crippen LogP contribution in [0.2, 0.25) is 5.02 Å². The van der Waals surface area contributed by atoms with E-state index in [0.717, 1.165) is 16.1 Å². The van der Waals surface area contributed by atoms with Gasteiger partial charge in [-0.1, -0.05) is 37.6 Å². The van der Waals surface area contributed by atoms with E-state index in [2.05, 4.69) is 5.32 Å². The third-order valence-corrected chi connectivity index (χ3v) is 6.63. The lowest BCUT2D eigenvalue weighted by molar-refractivity contribution is -0.139. The van der Waals surface area contributed by atoms with Crippen LogP contribution in [0.4, 0.5) is 5.69 Å². The van der Waals surface area contributed by atoms with Crippen LogP contribution < -0.4 is 14.4 Å². The number of nitrogens with zero attached hydrogens (tertiary/aromatic N) is 2. The smallest absolute Gasteiger partial charge is 0.244 e. The molecule has 2 amide bonds. The number of carbonyl (C=O) groups is 2. The Hall–Kier alpha value is -2.78. The van der Waals surface area contributed by atoms with Gasteiger partial charge in [-0.2, -0.15) is 0 Å². The van der Waals surface area contributed by atoms with E-state index in [1.807, 2.05) is 20.8 Å². The molecule has 0 heterocycles. The van der Waals surface area contributed by atoms with Crippen LogP contribution in [0.1, 0.15) is 33.3 Å². The number of rotatable bonds is 12. The summed E-state index contributed by atoms with van der Waals surface area (Å²) < 4.78 is 31.7. The number of halogens is 1. The Morgan fingerprint density at radius 1 is 1.03 bits per heavy atom. The van der Waals surface area contributed by atoms with Crippen LogP contribution in [0.3, 0.4) is 0 Å². The van der Waals surface area contributed by atoms with Crippen LogP contribution in [0, 0.1) is 5.92 Å². The second-order valence-electron chi connectivity index (χ2n) is 8.66. The van der Waals surface area contributed by atoms with E-state index >= 15 is 0 Å². The molecule has 0 spiro atoms. The molecule has 0 aromatic heterocycles. The van der Waals surface area contributed by atoms with Gasteiger partial charge in [-0.05, 0) is 61.7 Å². The summed E-state index contributed by atoms with van der Waals surface area (Å²) in [7, 11) is -3.79. The lowest BCUT2D eigenvalue weighted by Crippen LogP contribution is -2.51. The quantitative estimate of drug-likeness (QED) is 0.457. The maximum absolute atomic E-state index is 13.5. The zero-order valence-electron chi connectivity index (χ0n) is 20.8. The third-order valence-electron chi connectivity index (χ3n) is 5.23. The monoisotopic (exact) mass is 523 g/mol. The Morgan fingerprint density at radius 2 is 1.63 bits per heavy atom. The largest absolute Gasteiger partial charge is 0.494 e. The molecule has 35 heavy (non-hydrogen) atoms. The summed E-state index contributed by atoms with van der Waals surface area (Å²) in [5.74, 6) is 0.0160. The Balaban J connectivity index is 2.33. The first-order valence-corrected chi connectivity index (χ1v) is 13.7. The van der Waals surface area contributed by atoms with E-state index in [9.17, 15) is 18.0 Å². The third kappa shape index (κ3) is 8.74. The minimum atomic E-state index is -3.79. The molecule has 192 valence electrons. The Kier molecular flexibility index (Phi) is 10.4. The molecule has 0 aliphatic carbocycles. The Bertz CT molecular complexity index is 1090. The summed E-state index contributed by atoms with van der Waals surface area (Å²) in [4.78, 5) is 27.7. The number of hydrogen-bond donors (Lipinski definition) is 1. The van der Waals surface area contributed by atoms with Crippen molar-refractivity contribution in [3.8, 4) is 5.75 Å². The predicted octanol–water partition coefficient (Wildman–Crippen LogP) is 3.69. The number of nitrogens with one attached hydrogen (secondary N) is 1. The van der Waals surface area contributed by atoms with Crippen molar-refractivity contribution in [2.75, 3.05) is 30.3 Å². The van der Waals surface area contributed by atoms with Crippen LogP contribution in [-0.4, -0.2) is 57.1 Å². The Labute approximate surface area is 213 Å². The standard InChI is InChI=1S/C25H34ClN3O5S/c1-6-34-23-13-11-22(12-14-23)29(35(5,32)33)17-24(30)28(16-20-7-9-21(26)10-8-20)19(4)25(31)27-15-18(2)3/h7-14,18-19H,6,15-17H2,1-5H3,(H,27,31)/t19-/m1/s1. The molecule has 1 atom stereocenters. The van der Waals surface area contributed by atoms with E-state index < -0.39 is 28.5 Å². The maximum atomic E-state index is 13.5. The highest BCUT2D eigenvalue weighted by molar-refractivity contribution is 7.92. The molecule has 0 unspecified atom stereocenters. The molecule has 0 bridgehead atoms. The fourth-order valence-corrected chi connectivity index (χ4v) is 4.29. The fraction of sp³-hybridized carbons (Fsp3) is 0.440. The average molecular weight is 524 g/mol. The van der Waals surface area contributed by atoms with Crippen molar-refractivity contribution >= 4 is 39.1 Å². The number of anilines is 1. The van der Waals surface area contributed by atoms with Gasteiger partial charge in [0.15, 0.2) is 0 Å². The normalized spacial score (nSPS) is 12.2. The van der Waals surface area contributed by atoms with Gasteiger partial charge in [0.2, 0.25) is 21.8 Å². The first kappa shape index (κ1) is 28.5. The van der Waals surface area contributed by atoms with Crippen LogP contribution >= 0.6 is 11.6 Å². The van der Waals surface area contributed by atoms with Crippen molar-refractivity contribution in [2.45, 2.75) is 40.3 Å². The molecule has 2 aromatic rings. The summed E-state index contributed by atoms with van der Waals surface area (Å²) >= 11 is 5.99. The molecule has 0 radical (unpaired) electrons. The van der Waals surface area contributed by atoms with Gasteiger partial charge in [0.05, 0.1) is 18.6 Å². The molecule has 0 saturated heterocycles. The highest BCUT2D eigenvalue weighted by Crippen LogP contribution is 2.23. The topological polar surface area (TPSA) is 96.0 Å². The van der Waals surface area contributed by atoms with Gasteiger partial charge in [0.25, 0.3) is 0 Å². The molecule has 1 N–H and O–H groups in total. The molecular formula is C25H34ClN3O5S. The van der Waals surface area contributed by atoms with Gasteiger partial charge in [-0.25, -0.2) is 8.42 Å². The molecular weight excluding hydrogens is 490 g/mol. The first-order chi connectivity index (χ1) is 16.4. The SMILES string of the molecule is CCOc1ccc(N(CC(=O)N(Cc2ccc(Cl)cc2)[C@H](C)C(=O)NCC(C)C)S(C)(=O)=O)cc1. The predicted molar refractivity (Wildman–Crippen MR) is 139 cm³/mol. The second-order valence-corrected chi connectivity index (χ2v) is 11.0. The van der Waals surface area contributed by atoms with E-state index in [1.54, 1.807) is 55.5 Å². The summed E-state index contributed by atoms with van der Waals surface area (Å²) in [5.41, 5.74) is 1.09. The maximum Gasteiger partial charge on any atom is 0.244 e. The highest BCUT2D eigenvalue weighted by Gasteiger charge is 2.30. The van der Waals surface area contributed by atoms with Crippen molar-refractivity contribution in [3.05, 3.63) is 59.1 Å². The first-order valence-electron chi connectivity index (χ1n) is 11.4. The summed E-state index contributed by atoms with van der Waals surface area (Å²) in [5, 5.41) is 3.40. The zero-order chi connectivity index (χ0) is 26.2. The van der Waals surface area contributed by atoms with Crippen molar-refractivity contribution < 1.29 is 22.7 Å². The molecule has 8 nitrogen and oxygen atoms in total. The second kappa shape index (κ2) is 12.8. The number of benzene rings is 2. The fourth-order valence-electron chi connectivity index (χ4n) is 3.31. The zero-order valence-corrected chi connectivity index (χ0v) is 22.4. The van der Waals surface area contributed by atoms with Crippen LogP contribution in [0.15, 0.2) is 48.5 Å². The van der Waals surface area contributed by atoms with E-state index in [0.29, 0.717) is 29.6 Å². The van der Waals surface area contributed by atoms with Gasteiger partial charge >= 0.3 is 0 Å². The van der Waals surface area contributed by atoms with Gasteiger partial charge in [0, 0.05) is 18.1 Å². The lowest BCUT2D eigenvalue weighted by atomic mass is 10.1. The molecule has 0 aliphatic heterocycles. The molecule has 2 aromatic carbocycles. The number of carbonyl (C=O) groups excluding carboxylic acids is 2. The minimum Gasteiger partial charge on any atom is -0.494 e. The number of ether oxygens (including phenoxy) is 1. The summed E-state index contributed by atoms with van der Waals surface area (Å²) in [6.07, 6.45) is 1.04. The minimum absolute atomic E-state index is 0.118. The number of hydrogen-bond acceptors (Lipinski definition) is 5. The lowest BCUT2D eigenvalue weighted by Gasteiger charge is -2.31. The average Bonchev–Trinajstić information content (AvgIpc) is 2.80. The molecule has 10 heteroatoms. The van der Waals surface area contributed by atoms with Gasteiger partial charge in [0.1, 0.15) is 18.3 Å². The summed E-state index contributed by atoms with van der Waals surface area (Å²) in [6, 6.07) is 12.6. The number of amides is 2.